The molecule has 4 N–H and O–H groups in total. The average Bonchev–Trinajstić information content (AvgIpc) is 2.55. The minimum atomic E-state index is -2.04. The number of ether oxygens (including phenoxy) is 2. The fourth-order valence-corrected chi connectivity index (χ4v) is 1.37. The number of fused-ring (bicyclic) bond motifs is 1. The summed E-state index contributed by atoms with van der Waals surface area (Å²) in [7, 11) is 6.24. The number of benzene rings is 1. The van der Waals surface area contributed by atoms with Crippen LogP contribution in [-0.2, 0) is 6.42 Å². The fourth-order valence-electron chi connectivity index (χ4n) is 1.37. The van der Waals surface area contributed by atoms with E-state index < -0.39 is 5.87 Å². The van der Waals surface area contributed by atoms with Crippen LogP contribution in [0, 0.1) is 0 Å². The lowest BCUT2D eigenvalue weighted by atomic mass is 10.1. The van der Waals surface area contributed by atoms with E-state index in [0.29, 0.717) is 18.0 Å². The van der Waals surface area contributed by atoms with Crippen molar-refractivity contribution in [3.63, 3.8) is 0 Å². The first kappa shape index (κ1) is 12.8. The Labute approximate surface area is 95.2 Å². The van der Waals surface area contributed by atoms with Gasteiger partial charge in [-0.1, -0.05) is 6.07 Å². The predicted molar refractivity (Wildman–Crippen MR) is 59.3 cm³/mol. The van der Waals surface area contributed by atoms with Gasteiger partial charge in [0.1, 0.15) is 0 Å². The maximum atomic E-state index is 9.25. The van der Waals surface area contributed by atoms with Crippen molar-refractivity contribution in [3.05, 3.63) is 23.8 Å². The molecule has 0 spiro atoms. The first-order valence-corrected chi connectivity index (χ1v) is 4.78. The third-order valence-corrected chi connectivity index (χ3v) is 1.95. The number of nitrogens with two attached hydrogens (primary N) is 1. The molecular formula is C10H14BNO4. The van der Waals surface area contributed by atoms with Crippen molar-refractivity contribution in [2.24, 2.45) is 5.73 Å². The van der Waals surface area contributed by atoms with Crippen LogP contribution in [0.3, 0.4) is 0 Å². The van der Waals surface area contributed by atoms with Crippen LogP contribution in [-0.4, -0.2) is 37.6 Å². The molecule has 1 unspecified atom stereocenters. The molecule has 1 atom stereocenters. The van der Waals surface area contributed by atoms with Crippen molar-refractivity contribution >= 4 is 7.85 Å². The molecule has 0 saturated heterocycles. The summed E-state index contributed by atoms with van der Waals surface area (Å²) >= 11 is 0. The van der Waals surface area contributed by atoms with E-state index in [0.717, 1.165) is 19.1 Å². The van der Waals surface area contributed by atoms with Gasteiger partial charge in [-0.2, -0.15) is 0 Å². The summed E-state index contributed by atoms with van der Waals surface area (Å²) in [6.07, 6.45) is 0.750. The van der Waals surface area contributed by atoms with Gasteiger partial charge in [-0.05, 0) is 30.7 Å². The zero-order chi connectivity index (χ0) is 12.2. The van der Waals surface area contributed by atoms with E-state index in [-0.39, 0.29) is 0 Å². The molecule has 86 valence electrons. The van der Waals surface area contributed by atoms with Crippen molar-refractivity contribution < 1.29 is 19.7 Å². The van der Waals surface area contributed by atoms with Gasteiger partial charge in [0.05, 0.1) is 0 Å². The Morgan fingerprint density at radius 2 is 1.94 bits per heavy atom. The second kappa shape index (κ2) is 5.20. The van der Waals surface area contributed by atoms with Crippen molar-refractivity contribution in [2.75, 3.05) is 13.7 Å². The quantitative estimate of drug-likeness (QED) is 0.579. The summed E-state index contributed by atoms with van der Waals surface area (Å²) in [5.74, 6) is -1.15. The molecule has 1 aromatic rings. The molecule has 0 aromatic heterocycles. The lowest BCUT2D eigenvalue weighted by molar-refractivity contribution is -0.178. The lowest BCUT2D eigenvalue weighted by Crippen LogP contribution is -2.38. The normalized spacial score (nSPS) is 21.2. The first-order chi connectivity index (χ1) is 7.61. The SMILES string of the molecule is CO.[B]C1(O)Oc2ccc(CCN)cc2O1. The maximum Gasteiger partial charge on any atom is 0.302 e. The lowest BCUT2D eigenvalue weighted by Gasteiger charge is -2.15. The molecule has 0 saturated carbocycles. The number of aliphatic hydroxyl groups excluding tert-OH is 1. The van der Waals surface area contributed by atoms with Crippen LogP contribution in [0.25, 0.3) is 0 Å². The van der Waals surface area contributed by atoms with Gasteiger partial charge in [-0.3, -0.25) is 0 Å². The smallest absolute Gasteiger partial charge is 0.302 e. The number of hydrogen-bond donors (Lipinski definition) is 3. The third kappa shape index (κ3) is 2.88. The van der Waals surface area contributed by atoms with Crippen LogP contribution in [0.1, 0.15) is 5.56 Å². The number of hydrogen-bond acceptors (Lipinski definition) is 5. The molecule has 0 bridgehead atoms. The molecule has 1 aromatic carbocycles. The van der Waals surface area contributed by atoms with Crippen LogP contribution in [0.5, 0.6) is 11.5 Å². The highest BCUT2D eigenvalue weighted by Crippen LogP contribution is 2.37. The summed E-state index contributed by atoms with van der Waals surface area (Å²) in [6.45, 7) is 0.562. The molecule has 0 amide bonds. The Hall–Kier alpha value is -1.24. The standard InChI is InChI=1S/C9H10BNO3.CH4O/c10-9(12)13-7-2-1-6(3-4-11)5-8(7)14-9;1-2/h1-2,5,12H,3-4,11H2;2H,1H3. The minimum Gasteiger partial charge on any atom is -0.435 e. The molecule has 1 aliphatic rings. The Balaban J connectivity index is 0.000000606. The molecule has 16 heavy (non-hydrogen) atoms. The Morgan fingerprint density at radius 1 is 1.31 bits per heavy atom. The van der Waals surface area contributed by atoms with Gasteiger partial charge < -0.3 is 25.4 Å². The number of rotatable bonds is 2. The van der Waals surface area contributed by atoms with Gasteiger partial charge in [0.2, 0.25) is 7.85 Å². The molecule has 0 aliphatic carbocycles. The second-order valence-electron chi connectivity index (χ2n) is 3.15. The van der Waals surface area contributed by atoms with Crippen LogP contribution in [0.2, 0.25) is 0 Å². The molecule has 2 rings (SSSR count). The molecule has 5 nitrogen and oxygen atoms in total. The van der Waals surface area contributed by atoms with Gasteiger partial charge in [-0.15, -0.1) is 0 Å². The van der Waals surface area contributed by atoms with Gasteiger partial charge >= 0.3 is 5.87 Å². The summed E-state index contributed by atoms with van der Waals surface area (Å²) in [6, 6.07) is 5.31. The summed E-state index contributed by atoms with van der Waals surface area (Å²) in [4.78, 5) is 0. The van der Waals surface area contributed by atoms with Crippen LogP contribution >= 0.6 is 0 Å². The summed E-state index contributed by atoms with van der Waals surface area (Å²) < 4.78 is 9.86. The van der Waals surface area contributed by atoms with E-state index in [4.69, 9.17) is 28.2 Å². The van der Waals surface area contributed by atoms with Crippen molar-refractivity contribution in [1.29, 1.82) is 0 Å². The molecule has 0 fully saturated rings. The van der Waals surface area contributed by atoms with E-state index in [1.165, 1.54) is 0 Å². The van der Waals surface area contributed by atoms with Crippen LogP contribution in [0.15, 0.2) is 18.2 Å². The van der Waals surface area contributed by atoms with E-state index in [1.54, 1.807) is 12.1 Å². The minimum absolute atomic E-state index is 0.441. The number of aliphatic hydroxyl groups is 2. The Bertz CT molecular complexity index is 357. The highest BCUT2D eigenvalue weighted by Gasteiger charge is 2.33. The van der Waals surface area contributed by atoms with Crippen molar-refractivity contribution in [2.45, 2.75) is 12.3 Å². The van der Waals surface area contributed by atoms with Gasteiger partial charge in [0.15, 0.2) is 11.5 Å². The van der Waals surface area contributed by atoms with E-state index in [9.17, 15) is 5.11 Å². The fraction of sp³-hybridized carbons (Fsp3) is 0.400. The highest BCUT2D eigenvalue weighted by molar-refractivity contribution is 6.12. The largest absolute Gasteiger partial charge is 0.435 e. The van der Waals surface area contributed by atoms with Gasteiger partial charge in [0, 0.05) is 7.11 Å². The maximum absolute atomic E-state index is 9.25. The Kier molecular flexibility index (Phi) is 4.17. The molecular weight excluding hydrogens is 209 g/mol. The van der Waals surface area contributed by atoms with Gasteiger partial charge in [0.25, 0.3) is 0 Å². The average molecular weight is 223 g/mol. The van der Waals surface area contributed by atoms with Crippen molar-refractivity contribution in [1.82, 2.24) is 0 Å². The molecule has 1 aliphatic heterocycles. The van der Waals surface area contributed by atoms with Gasteiger partial charge in [-0.25, -0.2) is 0 Å². The predicted octanol–water partition coefficient (Wildman–Crippen LogP) is -0.660. The third-order valence-electron chi connectivity index (χ3n) is 1.95. The zero-order valence-corrected chi connectivity index (χ0v) is 9.01. The first-order valence-electron chi connectivity index (χ1n) is 4.78. The van der Waals surface area contributed by atoms with E-state index in [1.807, 2.05) is 6.07 Å². The van der Waals surface area contributed by atoms with Crippen LogP contribution in [0.4, 0.5) is 0 Å². The highest BCUT2D eigenvalue weighted by atomic mass is 16.8. The second-order valence-corrected chi connectivity index (χ2v) is 3.15. The summed E-state index contributed by atoms with van der Waals surface area (Å²) in [5, 5.41) is 16.2. The van der Waals surface area contributed by atoms with Crippen LogP contribution < -0.4 is 15.2 Å². The summed E-state index contributed by atoms with van der Waals surface area (Å²) in [5.41, 5.74) is 6.43. The van der Waals surface area contributed by atoms with E-state index >= 15 is 0 Å². The zero-order valence-electron chi connectivity index (χ0n) is 9.01. The van der Waals surface area contributed by atoms with Crippen molar-refractivity contribution in [3.8, 4) is 11.5 Å². The topological polar surface area (TPSA) is 84.9 Å². The van der Waals surface area contributed by atoms with E-state index in [2.05, 4.69) is 0 Å². The molecule has 6 heteroatoms. The monoisotopic (exact) mass is 223 g/mol. The Morgan fingerprint density at radius 3 is 2.56 bits per heavy atom. The molecule has 2 radical (unpaired) electrons. The molecule has 1 heterocycles.